The van der Waals surface area contributed by atoms with Crippen LogP contribution in [0, 0.1) is 0 Å². The Labute approximate surface area is 172 Å². The molecular weight excluding hydrogens is 358 g/mol. The fourth-order valence-electron chi connectivity index (χ4n) is 4.24. The number of benzene rings is 2. The molecule has 3 aromatic rings. The van der Waals surface area contributed by atoms with Crippen molar-refractivity contribution in [2.24, 2.45) is 5.73 Å². The van der Waals surface area contributed by atoms with Crippen molar-refractivity contribution in [2.45, 2.75) is 57.6 Å². The average molecular weight is 388 g/mol. The molecule has 0 spiro atoms. The summed E-state index contributed by atoms with van der Waals surface area (Å²) in [5.41, 5.74) is 12.4. The van der Waals surface area contributed by atoms with Gasteiger partial charge in [-0.25, -0.2) is 9.97 Å². The maximum atomic E-state index is 9.50. The zero-order valence-electron chi connectivity index (χ0n) is 17.6. The zero-order valence-corrected chi connectivity index (χ0v) is 17.6. The van der Waals surface area contributed by atoms with Crippen LogP contribution in [0.1, 0.15) is 63.5 Å². The molecule has 0 bridgehead atoms. The summed E-state index contributed by atoms with van der Waals surface area (Å²) in [6.45, 7) is 9.35. The molecule has 4 rings (SSSR count). The quantitative estimate of drug-likeness (QED) is 0.613. The van der Waals surface area contributed by atoms with E-state index in [1.165, 1.54) is 24.0 Å². The third kappa shape index (κ3) is 3.70. The van der Waals surface area contributed by atoms with Crippen LogP contribution in [0.4, 0.5) is 0 Å². The number of hydrogen-bond donors (Lipinski definition) is 2. The average Bonchev–Trinajstić information content (AvgIpc) is 2.71. The second-order valence-electron chi connectivity index (χ2n) is 9.36. The van der Waals surface area contributed by atoms with Crippen LogP contribution in [0.15, 0.2) is 54.7 Å². The lowest BCUT2D eigenvalue weighted by molar-refractivity contribution is 0.186. The fraction of sp³-hybridized carbons (Fsp3) is 0.360. The Morgan fingerprint density at radius 3 is 2.14 bits per heavy atom. The van der Waals surface area contributed by atoms with Gasteiger partial charge in [-0.1, -0.05) is 64.1 Å². The van der Waals surface area contributed by atoms with E-state index in [1.54, 1.807) is 18.3 Å². The fourth-order valence-corrected chi connectivity index (χ4v) is 4.24. The summed E-state index contributed by atoms with van der Waals surface area (Å²) in [6.07, 6.45) is 3.22. The number of hydrogen-bond acceptors (Lipinski definition) is 4. The Morgan fingerprint density at radius 2 is 1.48 bits per heavy atom. The Hall–Kier alpha value is -2.56. The third-order valence-electron chi connectivity index (χ3n) is 6.31. The monoisotopic (exact) mass is 387 g/mol. The molecule has 0 fully saturated rings. The summed E-state index contributed by atoms with van der Waals surface area (Å²) in [4.78, 5) is 9.26. The van der Waals surface area contributed by atoms with Crippen LogP contribution in [-0.4, -0.2) is 15.1 Å². The summed E-state index contributed by atoms with van der Waals surface area (Å²) < 4.78 is 0. The first-order chi connectivity index (χ1) is 13.7. The molecule has 0 saturated heterocycles. The van der Waals surface area contributed by atoms with E-state index in [2.05, 4.69) is 50.9 Å². The van der Waals surface area contributed by atoms with E-state index in [4.69, 9.17) is 10.7 Å². The highest BCUT2D eigenvalue weighted by Gasteiger charge is 2.37. The van der Waals surface area contributed by atoms with E-state index in [1.807, 2.05) is 18.2 Å². The number of aromatic nitrogens is 2. The molecule has 4 nitrogen and oxygen atoms in total. The number of aliphatic hydroxyl groups excluding tert-OH is 1. The van der Waals surface area contributed by atoms with Crippen LogP contribution in [0.3, 0.4) is 0 Å². The Bertz CT molecular complexity index is 1040. The second kappa shape index (κ2) is 7.05. The number of nitrogens with two attached hydrogens (primary N) is 1. The van der Waals surface area contributed by atoms with E-state index in [9.17, 15) is 5.11 Å². The summed E-state index contributed by atoms with van der Waals surface area (Å²) in [6, 6.07) is 16.1. The van der Waals surface area contributed by atoms with Crippen LogP contribution in [-0.2, 0) is 10.8 Å². The molecule has 2 aromatic carbocycles. The van der Waals surface area contributed by atoms with Crippen LogP contribution in [0.2, 0.25) is 0 Å². The van der Waals surface area contributed by atoms with Crippen LogP contribution in [0.5, 0.6) is 0 Å². The second-order valence-corrected chi connectivity index (χ2v) is 9.36. The van der Waals surface area contributed by atoms with Gasteiger partial charge in [0.1, 0.15) is 6.23 Å². The van der Waals surface area contributed by atoms with E-state index in [0.29, 0.717) is 11.4 Å². The van der Waals surface area contributed by atoms with E-state index >= 15 is 0 Å². The first-order valence-electron chi connectivity index (χ1n) is 10.2. The van der Waals surface area contributed by atoms with Crippen molar-refractivity contribution < 1.29 is 5.11 Å². The predicted octanol–water partition coefficient (Wildman–Crippen LogP) is 5.11. The van der Waals surface area contributed by atoms with Crippen molar-refractivity contribution in [1.29, 1.82) is 0 Å². The Kier molecular flexibility index (Phi) is 4.80. The van der Waals surface area contributed by atoms with Crippen LogP contribution < -0.4 is 5.73 Å². The van der Waals surface area contributed by atoms with Gasteiger partial charge in [0.25, 0.3) is 0 Å². The predicted molar refractivity (Wildman–Crippen MR) is 117 cm³/mol. The molecule has 3 N–H and O–H groups in total. The van der Waals surface area contributed by atoms with Crippen molar-refractivity contribution in [3.63, 3.8) is 0 Å². The number of nitrogens with zero attached hydrogens (tertiary/aromatic N) is 2. The minimum absolute atomic E-state index is 0.162. The van der Waals surface area contributed by atoms with Crippen molar-refractivity contribution in [2.75, 3.05) is 0 Å². The number of rotatable bonds is 3. The van der Waals surface area contributed by atoms with Crippen LogP contribution in [0.25, 0.3) is 22.6 Å². The summed E-state index contributed by atoms with van der Waals surface area (Å²) >= 11 is 0. The zero-order chi connectivity index (χ0) is 20.8. The molecule has 1 aromatic heterocycles. The van der Waals surface area contributed by atoms with Gasteiger partial charge in [0, 0.05) is 17.3 Å². The Morgan fingerprint density at radius 1 is 0.862 bits per heavy atom. The van der Waals surface area contributed by atoms with Gasteiger partial charge in [-0.05, 0) is 52.5 Å². The van der Waals surface area contributed by atoms with E-state index in [0.717, 1.165) is 16.8 Å². The maximum Gasteiger partial charge on any atom is 0.159 e. The largest absolute Gasteiger partial charge is 0.375 e. The summed E-state index contributed by atoms with van der Waals surface area (Å²) in [7, 11) is 0. The third-order valence-corrected chi connectivity index (χ3v) is 6.31. The molecule has 29 heavy (non-hydrogen) atoms. The molecule has 1 aliphatic carbocycles. The van der Waals surface area contributed by atoms with Crippen molar-refractivity contribution in [3.05, 3.63) is 71.4 Å². The highest BCUT2D eigenvalue weighted by atomic mass is 16.3. The van der Waals surface area contributed by atoms with Gasteiger partial charge in [0.15, 0.2) is 5.82 Å². The van der Waals surface area contributed by atoms with Gasteiger partial charge in [-0.15, -0.1) is 0 Å². The Balaban J connectivity index is 1.74. The van der Waals surface area contributed by atoms with Crippen LogP contribution >= 0.6 is 0 Å². The van der Waals surface area contributed by atoms with Gasteiger partial charge >= 0.3 is 0 Å². The molecule has 150 valence electrons. The molecular formula is C25H29N3O. The molecule has 1 unspecified atom stereocenters. The summed E-state index contributed by atoms with van der Waals surface area (Å²) in [5, 5.41) is 9.50. The molecule has 0 saturated carbocycles. The van der Waals surface area contributed by atoms with Gasteiger partial charge < -0.3 is 10.8 Å². The van der Waals surface area contributed by atoms with Crippen molar-refractivity contribution in [1.82, 2.24) is 9.97 Å². The van der Waals surface area contributed by atoms with Crippen molar-refractivity contribution in [3.8, 4) is 22.6 Å². The minimum Gasteiger partial charge on any atom is -0.375 e. The molecule has 4 heteroatoms. The van der Waals surface area contributed by atoms with E-state index in [-0.39, 0.29) is 10.8 Å². The SMILES string of the molecule is CC1(C)CCC(C)(C)c2cc(-c3ccnc(-c4ccc(C(N)O)cc4)n3)ccc21. The smallest absolute Gasteiger partial charge is 0.159 e. The van der Waals surface area contributed by atoms with Gasteiger partial charge in [0.2, 0.25) is 0 Å². The molecule has 0 amide bonds. The molecule has 1 heterocycles. The molecule has 0 radical (unpaired) electrons. The molecule has 1 aliphatic rings. The lowest BCUT2D eigenvalue weighted by Gasteiger charge is -2.42. The lowest BCUT2D eigenvalue weighted by Crippen LogP contribution is -2.33. The highest BCUT2D eigenvalue weighted by molar-refractivity contribution is 5.66. The minimum atomic E-state index is -0.973. The lowest BCUT2D eigenvalue weighted by atomic mass is 9.63. The van der Waals surface area contributed by atoms with Crippen molar-refractivity contribution >= 4 is 0 Å². The molecule has 0 aliphatic heterocycles. The topological polar surface area (TPSA) is 72.0 Å². The first-order valence-corrected chi connectivity index (χ1v) is 10.2. The maximum absolute atomic E-state index is 9.50. The summed E-state index contributed by atoms with van der Waals surface area (Å²) in [5.74, 6) is 0.665. The number of fused-ring (bicyclic) bond motifs is 1. The van der Waals surface area contributed by atoms with E-state index < -0.39 is 6.23 Å². The van der Waals surface area contributed by atoms with Gasteiger partial charge in [-0.2, -0.15) is 0 Å². The standard InChI is InChI=1S/C25H29N3O/c1-24(2)12-13-25(3,4)20-15-18(9-10-19(20)24)21-11-14-27-23(28-21)17-7-5-16(6-8-17)22(26)29/h5-11,14-15,22,29H,12-13,26H2,1-4H3. The first kappa shape index (κ1) is 19.7. The van der Waals surface area contributed by atoms with Gasteiger partial charge in [-0.3, -0.25) is 0 Å². The van der Waals surface area contributed by atoms with Gasteiger partial charge in [0.05, 0.1) is 5.69 Å². The number of aliphatic hydroxyl groups is 1. The highest BCUT2D eigenvalue weighted by Crippen LogP contribution is 2.46. The normalized spacial score (nSPS) is 18.1. The molecule has 1 atom stereocenters.